The monoisotopic (exact) mass is 285 g/mol. The number of H-pyrrole nitrogens is 1. The quantitative estimate of drug-likeness (QED) is 0.381. The largest absolute Gasteiger partial charge is 0.348 e. The predicted molar refractivity (Wildman–Crippen MR) is 91.1 cm³/mol. The van der Waals surface area contributed by atoms with Crippen molar-refractivity contribution in [1.29, 1.82) is 0 Å². The van der Waals surface area contributed by atoms with Crippen LogP contribution < -0.4 is 0 Å². The fourth-order valence-corrected chi connectivity index (χ4v) is 4.32. The van der Waals surface area contributed by atoms with Crippen LogP contribution in [0.3, 0.4) is 0 Å². The van der Waals surface area contributed by atoms with Crippen LogP contribution in [0.5, 0.6) is 0 Å². The first-order valence-corrected chi connectivity index (χ1v) is 7.79. The van der Waals surface area contributed by atoms with Crippen LogP contribution in [0.25, 0.3) is 42.0 Å². The zero-order chi connectivity index (χ0) is 14.0. The summed E-state index contributed by atoms with van der Waals surface area (Å²) < 4.78 is 2.51. The second kappa shape index (κ2) is 3.78. The van der Waals surface area contributed by atoms with Gasteiger partial charge in [0.15, 0.2) is 0 Å². The highest BCUT2D eigenvalue weighted by Crippen LogP contribution is 2.39. The van der Waals surface area contributed by atoms with Gasteiger partial charge in [0.05, 0.1) is 10.2 Å². The van der Waals surface area contributed by atoms with Gasteiger partial charge >= 0.3 is 0 Å². The smallest absolute Gasteiger partial charge is 0.0988 e. The molecule has 0 spiro atoms. The minimum atomic E-state index is 1.05. The Balaban J connectivity index is 2.14. The van der Waals surface area contributed by atoms with Crippen molar-refractivity contribution in [2.75, 3.05) is 0 Å². The van der Waals surface area contributed by atoms with Crippen molar-refractivity contribution in [3.63, 3.8) is 0 Å². The van der Waals surface area contributed by atoms with E-state index in [1.807, 2.05) is 0 Å². The third-order valence-corrected chi connectivity index (χ3v) is 5.17. The van der Waals surface area contributed by atoms with Crippen LogP contribution in [0.2, 0.25) is 0 Å². The average molecular weight is 285 g/mol. The van der Waals surface area contributed by atoms with Crippen molar-refractivity contribution in [2.24, 2.45) is 0 Å². The van der Waals surface area contributed by atoms with E-state index >= 15 is 0 Å². The van der Waals surface area contributed by atoms with Gasteiger partial charge in [-0.05, 0) is 36.8 Å². The minimum absolute atomic E-state index is 1.05. The van der Waals surface area contributed by atoms with Gasteiger partial charge in [-0.1, -0.05) is 30.3 Å². The van der Waals surface area contributed by atoms with Crippen molar-refractivity contribution in [3.05, 3.63) is 60.2 Å². The molecule has 21 heavy (non-hydrogen) atoms. The molecule has 1 N–H and O–H groups in total. The molecule has 0 bridgehead atoms. The molecule has 0 fully saturated rings. The van der Waals surface area contributed by atoms with Crippen molar-refractivity contribution >= 4 is 53.3 Å². The van der Waals surface area contributed by atoms with E-state index in [-0.39, 0.29) is 0 Å². The number of aromatic amines is 1. The topological polar surface area (TPSA) is 15.8 Å². The van der Waals surface area contributed by atoms with Crippen LogP contribution in [-0.4, -0.2) is 4.98 Å². The van der Waals surface area contributed by atoms with Gasteiger partial charge in [0, 0.05) is 31.8 Å². The van der Waals surface area contributed by atoms with Crippen molar-refractivity contribution in [3.8, 4) is 0 Å². The Morgan fingerprint density at radius 1 is 0.952 bits per heavy atom. The molecule has 0 saturated heterocycles. The molecule has 5 rings (SSSR count). The number of aryl methyl sites for hydroxylation is 1. The fourth-order valence-electron chi connectivity index (χ4n) is 3.15. The lowest BCUT2D eigenvalue weighted by Gasteiger charge is -1.95. The van der Waals surface area contributed by atoms with Gasteiger partial charge < -0.3 is 4.98 Å². The van der Waals surface area contributed by atoms with Gasteiger partial charge in [0.25, 0.3) is 0 Å². The lowest BCUT2D eigenvalue weighted by atomic mass is 10.1. The first-order chi connectivity index (χ1) is 10.3. The number of hydrogen-bond acceptors (Lipinski definition) is 1. The number of nitrogens with one attached hydrogen (secondary N) is 1. The lowest BCUT2D eigenvalue weighted by molar-refractivity contribution is 1.52. The molecule has 2 heterocycles. The average Bonchev–Trinajstić information content (AvgIpc) is 3.03. The Labute approximate surface area is 125 Å². The molecule has 0 unspecified atom stereocenters. The molecule has 0 saturated carbocycles. The second-order valence-electron chi connectivity index (χ2n) is 5.48. The third kappa shape index (κ3) is 1.42. The van der Waals surface area contributed by atoms with Crippen molar-refractivity contribution in [1.82, 2.24) is 4.98 Å². The molecular weight excluding hydrogens is 274 g/mol. The van der Waals surface area contributed by atoms with Gasteiger partial charge in [-0.25, -0.2) is 0 Å². The van der Waals surface area contributed by atoms with E-state index in [2.05, 4.69) is 66.5 Å². The molecule has 0 radical (unpaired) electrons. The first kappa shape index (κ1) is 11.2. The number of thiophene rings is 1. The van der Waals surface area contributed by atoms with Crippen molar-refractivity contribution < 1.29 is 0 Å². The number of benzene rings is 2. The SMILES string of the molecule is Cc1ccc2c(c1)sc1c#cc3[nH]c4ccccc4c3c12. The van der Waals surface area contributed by atoms with Gasteiger partial charge in [-0.2, -0.15) is 0 Å². The fraction of sp³-hybridized carbons (Fsp3) is 0.0526. The van der Waals surface area contributed by atoms with Gasteiger partial charge in [0.2, 0.25) is 0 Å². The molecule has 2 aromatic heterocycles. The summed E-state index contributed by atoms with van der Waals surface area (Å²) in [6.45, 7) is 2.14. The summed E-state index contributed by atoms with van der Waals surface area (Å²) in [6, 6.07) is 21.7. The van der Waals surface area contributed by atoms with E-state index in [4.69, 9.17) is 0 Å². The van der Waals surface area contributed by atoms with Crippen molar-refractivity contribution in [2.45, 2.75) is 6.92 Å². The predicted octanol–water partition coefficient (Wildman–Crippen LogP) is 5.60. The summed E-state index contributed by atoms with van der Waals surface area (Å²) in [5.74, 6) is 0. The molecule has 1 nitrogen and oxygen atoms in total. The van der Waals surface area contributed by atoms with Crippen LogP contribution >= 0.6 is 11.3 Å². The minimum Gasteiger partial charge on any atom is -0.348 e. The summed E-state index contributed by atoms with van der Waals surface area (Å²) in [4.78, 5) is 3.45. The Bertz CT molecular complexity index is 1140. The molecule has 2 heteroatoms. The summed E-state index contributed by atoms with van der Waals surface area (Å²) in [5, 5.41) is 5.17. The van der Waals surface area contributed by atoms with E-state index in [0.717, 1.165) is 11.0 Å². The van der Waals surface area contributed by atoms with Crippen LogP contribution in [0.4, 0.5) is 0 Å². The van der Waals surface area contributed by atoms with E-state index in [1.54, 1.807) is 11.3 Å². The summed E-state index contributed by atoms with van der Waals surface area (Å²) in [5.41, 5.74) is 3.51. The van der Waals surface area contributed by atoms with E-state index in [1.165, 1.54) is 36.5 Å². The molecule has 0 aliphatic heterocycles. The Morgan fingerprint density at radius 2 is 1.86 bits per heavy atom. The van der Waals surface area contributed by atoms with Crippen LogP contribution in [0, 0.1) is 19.1 Å². The number of aromatic nitrogens is 1. The maximum absolute atomic E-state index is 3.45. The maximum Gasteiger partial charge on any atom is 0.0988 e. The van der Waals surface area contributed by atoms with E-state index in [0.29, 0.717) is 0 Å². The number of rotatable bonds is 0. The third-order valence-electron chi connectivity index (χ3n) is 4.10. The highest BCUT2D eigenvalue weighted by Gasteiger charge is 2.12. The Morgan fingerprint density at radius 3 is 2.81 bits per heavy atom. The molecular formula is C19H11NS. The zero-order valence-electron chi connectivity index (χ0n) is 11.4. The van der Waals surface area contributed by atoms with E-state index < -0.39 is 0 Å². The van der Waals surface area contributed by atoms with Crippen LogP contribution in [0.1, 0.15) is 5.56 Å². The van der Waals surface area contributed by atoms with Gasteiger partial charge in [-0.15, -0.1) is 11.3 Å². The highest BCUT2D eigenvalue weighted by molar-refractivity contribution is 7.26. The van der Waals surface area contributed by atoms with Gasteiger partial charge in [0.1, 0.15) is 0 Å². The summed E-state index contributed by atoms with van der Waals surface area (Å²) in [6.07, 6.45) is 0. The maximum atomic E-state index is 3.45. The first-order valence-electron chi connectivity index (χ1n) is 6.97. The van der Waals surface area contributed by atoms with Crippen LogP contribution in [0.15, 0.2) is 42.5 Å². The Hall–Kier alpha value is -2.50. The zero-order valence-corrected chi connectivity index (χ0v) is 12.3. The molecule has 98 valence electrons. The van der Waals surface area contributed by atoms with Gasteiger partial charge in [-0.3, -0.25) is 0 Å². The summed E-state index contributed by atoms with van der Waals surface area (Å²) >= 11 is 1.80. The number of fused-ring (bicyclic) bond motifs is 7. The highest BCUT2D eigenvalue weighted by atomic mass is 32.1. The van der Waals surface area contributed by atoms with E-state index in [9.17, 15) is 0 Å². The summed E-state index contributed by atoms with van der Waals surface area (Å²) in [7, 11) is 0. The Kier molecular flexibility index (Phi) is 2.01. The molecule has 0 atom stereocenters. The molecule has 0 aliphatic carbocycles. The van der Waals surface area contributed by atoms with Crippen LogP contribution in [-0.2, 0) is 0 Å². The normalized spacial score (nSPS) is 11.7. The molecule has 3 aromatic carbocycles. The number of para-hydroxylation sites is 1. The molecule has 0 aliphatic rings. The standard InChI is InChI=1S/C19H11NS/c1-11-6-7-13-17(10-11)21-16-9-8-15-18(19(13)16)12-4-2-3-5-14(12)20-15/h2-7,10,20H,1H3. The number of hydrogen-bond donors (Lipinski definition) is 1. The molecule has 0 amide bonds. The molecule has 5 aromatic rings. The second-order valence-corrected chi connectivity index (χ2v) is 6.53. The lowest BCUT2D eigenvalue weighted by Crippen LogP contribution is -1.71.